The van der Waals surface area contributed by atoms with Crippen molar-refractivity contribution in [2.24, 2.45) is 0 Å². The summed E-state index contributed by atoms with van der Waals surface area (Å²) in [5.41, 5.74) is 2.70. The molecular weight excluding hydrogens is 442 g/mol. The highest BCUT2D eigenvalue weighted by atomic mass is 32.2. The van der Waals surface area contributed by atoms with Crippen LogP contribution in [-0.2, 0) is 21.2 Å². The van der Waals surface area contributed by atoms with Gasteiger partial charge in [-0.2, -0.15) is 0 Å². The molecule has 8 heteroatoms. The van der Waals surface area contributed by atoms with Crippen molar-refractivity contribution >= 4 is 42.4 Å². The summed E-state index contributed by atoms with van der Waals surface area (Å²) < 4.78 is 26.1. The van der Waals surface area contributed by atoms with Gasteiger partial charge in [0.2, 0.25) is 5.91 Å². The van der Waals surface area contributed by atoms with Gasteiger partial charge in [-0.1, -0.05) is 41.7 Å². The number of amides is 1. The van der Waals surface area contributed by atoms with Crippen LogP contribution in [0.3, 0.4) is 0 Å². The third-order valence-corrected chi connectivity index (χ3v) is 7.87. The average Bonchev–Trinajstić information content (AvgIpc) is 3.21. The van der Waals surface area contributed by atoms with Crippen LogP contribution < -0.4 is 4.90 Å². The number of sulfone groups is 1. The smallest absolute Gasteiger partial charge is 0.229 e. The van der Waals surface area contributed by atoms with Crippen LogP contribution in [0.25, 0.3) is 10.2 Å². The Labute approximate surface area is 191 Å². The van der Waals surface area contributed by atoms with Crippen molar-refractivity contribution < 1.29 is 13.2 Å². The molecular formula is C24H23N3O3S2. The molecule has 164 valence electrons. The Balaban J connectivity index is 1.53. The summed E-state index contributed by atoms with van der Waals surface area (Å²) >= 11 is 1.45. The Morgan fingerprint density at radius 3 is 2.56 bits per heavy atom. The molecule has 0 bridgehead atoms. The first-order chi connectivity index (χ1) is 15.4. The second kappa shape index (κ2) is 9.58. The molecule has 0 N–H and O–H groups in total. The SMILES string of the molecule is Cc1ccc2nc(N(Cc3ccccn3)C(=O)CCCS(=O)(=O)c3ccccc3)sc2c1. The van der Waals surface area contributed by atoms with Crippen LogP contribution in [0.15, 0.2) is 77.8 Å². The Hall–Kier alpha value is -3.10. The standard InChI is InChI=1S/C24H23N3O3S2/c1-18-12-13-21-22(16-18)31-24(26-21)27(17-19-8-5-6-14-25-19)23(28)11-7-15-32(29,30)20-9-3-2-4-10-20/h2-6,8-10,12-14,16H,7,11,15,17H2,1H3. The predicted molar refractivity (Wildman–Crippen MR) is 128 cm³/mol. The second-order valence-corrected chi connectivity index (χ2v) is 10.6. The Kier molecular flexibility index (Phi) is 6.62. The third kappa shape index (κ3) is 5.20. The van der Waals surface area contributed by atoms with Crippen molar-refractivity contribution in [1.29, 1.82) is 0 Å². The minimum absolute atomic E-state index is 0.0841. The summed E-state index contributed by atoms with van der Waals surface area (Å²) in [6, 6.07) is 19.9. The van der Waals surface area contributed by atoms with Gasteiger partial charge in [0, 0.05) is 12.6 Å². The van der Waals surface area contributed by atoms with Crippen LogP contribution in [0.1, 0.15) is 24.1 Å². The maximum atomic E-state index is 13.2. The number of aryl methyl sites for hydroxylation is 1. The van der Waals surface area contributed by atoms with Gasteiger partial charge in [-0.05, 0) is 55.3 Å². The first-order valence-electron chi connectivity index (χ1n) is 10.3. The summed E-state index contributed by atoms with van der Waals surface area (Å²) in [6.07, 6.45) is 2.03. The number of hydrogen-bond acceptors (Lipinski definition) is 6. The zero-order valence-electron chi connectivity index (χ0n) is 17.6. The number of carbonyl (C=O) groups is 1. The monoisotopic (exact) mass is 465 g/mol. The molecule has 0 saturated heterocycles. The van der Waals surface area contributed by atoms with Gasteiger partial charge >= 0.3 is 0 Å². The molecule has 4 aromatic rings. The van der Waals surface area contributed by atoms with Crippen molar-refractivity contribution in [2.45, 2.75) is 31.2 Å². The molecule has 2 aromatic carbocycles. The maximum absolute atomic E-state index is 13.2. The van der Waals surface area contributed by atoms with E-state index in [2.05, 4.69) is 9.97 Å². The lowest BCUT2D eigenvalue weighted by Gasteiger charge is -2.19. The molecule has 2 aromatic heterocycles. The van der Waals surface area contributed by atoms with Gasteiger partial charge in [0.05, 0.1) is 33.1 Å². The number of rotatable bonds is 8. The molecule has 1 amide bonds. The molecule has 32 heavy (non-hydrogen) atoms. The first kappa shape index (κ1) is 22.1. The first-order valence-corrected chi connectivity index (χ1v) is 12.7. The second-order valence-electron chi connectivity index (χ2n) is 7.50. The lowest BCUT2D eigenvalue weighted by molar-refractivity contribution is -0.118. The number of thiazole rings is 1. The molecule has 0 atom stereocenters. The van der Waals surface area contributed by atoms with Crippen molar-refractivity contribution in [3.63, 3.8) is 0 Å². The quantitative estimate of drug-likeness (QED) is 0.374. The topological polar surface area (TPSA) is 80.2 Å². The fourth-order valence-corrected chi connectivity index (χ4v) is 5.76. The van der Waals surface area contributed by atoms with Crippen LogP contribution in [0, 0.1) is 6.92 Å². The minimum Gasteiger partial charge on any atom is -0.282 e. The molecule has 0 saturated carbocycles. The van der Waals surface area contributed by atoms with Crippen LogP contribution in [-0.4, -0.2) is 30.0 Å². The van der Waals surface area contributed by atoms with Gasteiger partial charge in [0.25, 0.3) is 0 Å². The molecule has 0 fully saturated rings. The molecule has 0 unspecified atom stereocenters. The van der Waals surface area contributed by atoms with Gasteiger partial charge < -0.3 is 0 Å². The van der Waals surface area contributed by atoms with E-state index in [1.54, 1.807) is 41.4 Å². The minimum atomic E-state index is -3.43. The largest absolute Gasteiger partial charge is 0.282 e. The van der Waals surface area contributed by atoms with Crippen molar-refractivity contribution in [3.05, 3.63) is 84.2 Å². The van der Waals surface area contributed by atoms with Crippen molar-refractivity contribution in [1.82, 2.24) is 9.97 Å². The van der Waals surface area contributed by atoms with Gasteiger partial charge in [-0.3, -0.25) is 14.7 Å². The predicted octanol–water partition coefficient (Wildman–Crippen LogP) is 4.79. The van der Waals surface area contributed by atoms with Gasteiger partial charge in [0.15, 0.2) is 15.0 Å². The number of aromatic nitrogens is 2. The lowest BCUT2D eigenvalue weighted by atomic mass is 10.2. The molecule has 0 radical (unpaired) electrons. The molecule has 0 aliphatic heterocycles. The van der Waals surface area contributed by atoms with Gasteiger partial charge in [-0.25, -0.2) is 13.4 Å². The molecule has 4 rings (SSSR count). The van der Waals surface area contributed by atoms with E-state index in [0.717, 1.165) is 21.5 Å². The van der Waals surface area contributed by atoms with Crippen LogP contribution in [0.5, 0.6) is 0 Å². The van der Waals surface area contributed by atoms with Crippen molar-refractivity contribution in [3.8, 4) is 0 Å². The number of fused-ring (bicyclic) bond motifs is 1. The number of anilines is 1. The summed E-state index contributed by atoms with van der Waals surface area (Å²) in [5.74, 6) is -0.256. The molecule has 0 aliphatic carbocycles. The zero-order valence-corrected chi connectivity index (χ0v) is 19.3. The Morgan fingerprint density at radius 2 is 1.81 bits per heavy atom. The molecule has 2 heterocycles. The van der Waals surface area contributed by atoms with E-state index in [9.17, 15) is 13.2 Å². The molecule has 0 spiro atoms. The zero-order chi connectivity index (χ0) is 22.6. The highest BCUT2D eigenvalue weighted by Crippen LogP contribution is 2.31. The van der Waals surface area contributed by atoms with Crippen LogP contribution in [0.4, 0.5) is 5.13 Å². The van der Waals surface area contributed by atoms with E-state index in [-0.39, 0.29) is 35.9 Å². The summed E-state index contributed by atoms with van der Waals surface area (Å²) in [7, 11) is -3.43. The van der Waals surface area contributed by atoms with E-state index in [1.165, 1.54) is 11.3 Å². The normalized spacial score (nSPS) is 11.5. The van der Waals surface area contributed by atoms with E-state index in [0.29, 0.717) is 5.13 Å². The number of pyridine rings is 1. The number of carbonyl (C=O) groups excluding carboxylic acids is 1. The Bertz CT molecular complexity index is 1320. The lowest BCUT2D eigenvalue weighted by Crippen LogP contribution is -2.30. The average molecular weight is 466 g/mol. The van der Waals surface area contributed by atoms with Crippen LogP contribution in [0.2, 0.25) is 0 Å². The molecule has 0 aliphatic rings. The van der Waals surface area contributed by atoms with Crippen LogP contribution >= 0.6 is 11.3 Å². The van der Waals surface area contributed by atoms with Gasteiger partial charge in [0.1, 0.15) is 0 Å². The highest BCUT2D eigenvalue weighted by Gasteiger charge is 2.22. The Morgan fingerprint density at radius 1 is 1.03 bits per heavy atom. The fraction of sp³-hybridized carbons (Fsp3) is 0.208. The fourth-order valence-electron chi connectivity index (χ4n) is 3.35. The summed E-state index contributed by atoms with van der Waals surface area (Å²) in [6.45, 7) is 2.30. The van der Waals surface area contributed by atoms with E-state index in [1.807, 2.05) is 43.3 Å². The number of hydrogen-bond donors (Lipinski definition) is 0. The van der Waals surface area contributed by atoms with Gasteiger partial charge in [-0.15, -0.1) is 0 Å². The summed E-state index contributed by atoms with van der Waals surface area (Å²) in [5, 5.41) is 0.590. The van der Waals surface area contributed by atoms with E-state index < -0.39 is 9.84 Å². The maximum Gasteiger partial charge on any atom is 0.229 e. The third-order valence-electron chi connectivity index (χ3n) is 5.02. The van der Waals surface area contributed by atoms with E-state index >= 15 is 0 Å². The van der Waals surface area contributed by atoms with E-state index in [4.69, 9.17) is 0 Å². The highest BCUT2D eigenvalue weighted by molar-refractivity contribution is 7.91. The van der Waals surface area contributed by atoms with Crippen molar-refractivity contribution in [2.75, 3.05) is 10.7 Å². The summed E-state index contributed by atoms with van der Waals surface area (Å²) in [4.78, 5) is 24.1. The molecule has 6 nitrogen and oxygen atoms in total. The number of nitrogens with zero attached hydrogens (tertiary/aromatic N) is 3. The number of benzene rings is 2.